The number of rotatable bonds is 4. The topological polar surface area (TPSA) is 69.4 Å². The Morgan fingerprint density at radius 3 is 2.89 bits per heavy atom. The summed E-state index contributed by atoms with van der Waals surface area (Å²) in [5.74, 6) is -0.125. The van der Waals surface area contributed by atoms with Crippen LogP contribution in [0.4, 0.5) is 0 Å². The van der Waals surface area contributed by atoms with Crippen molar-refractivity contribution in [1.82, 2.24) is 4.98 Å². The number of esters is 1. The van der Waals surface area contributed by atoms with E-state index in [0.717, 1.165) is 0 Å². The summed E-state index contributed by atoms with van der Waals surface area (Å²) in [5, 5.41) is -0.327. The van der Waals surface area contributed by atoms with Gasteiger partial charge in [-0.3, -0.25) is 4.79 Å². The molecule has 1 aromatic heterocycles. The molecule has 0 amide bonds. The van der Waals surface area contributed by atoms with Crippen LogP contribution in [0, 0.1) is 0 Å². The summed E-state index contributed by atoms with van der Waals surface area (Å²) >= 11 is 3.66. The van der Waals surface area contributed by atoms with Gasteiger partial charge in [0.2, 0.25) is 5.89 Å². The Kier molecular flexibility index (Phi) is 3.66. The number of thiol groups is 1. The highest BCUT2D eigenvalue weighted by molar-refractivity contribution is 7.96. The van der Waals surface area contributed by atoms with E-state index in [2.05, 4.69) is 17.6 Å². The first-order valence-electron chi connectivity index (χ1n) is 5.38. The third kappa shape index (κ3) is 2.70. The van der Waals surface area contributed by atoms with E-state index in [-0.39, 0.29) is 17.4 Å². The first kappa shape index (κ1) is 12.6. The van der Waals surface area contributed by atoms with Gasteiger partial charge in [-0.1, -0.05) is 0 Å². The van der Waals surface area contributed by atoms with Gasteiger partial charge in [0.05, 0.1) is 18.6 Å². The molecule has 0 saturated carbocycles. The molecule has 0 radical (unpaired) electrons. The van der Waals surface area contributed by atoms with Crippen molar-refractivity contribution in [1.29, 1.82) is 0 Å². The van der Waals surface area contributed by atoms with Gasteiger partial charge in [0.1, 0.15) is 5.52 Å². The molecule has 2 rings (SSSR count). The number of fused-ring (bicyclic) bond motifs is 1. The summed E-state index contributed by atoms with van der Waals surface area (Å²) in [6.45, 7) is 2.05. The third-order valence-electron chi connectivity index (χ3n) is 2.25. The molecule has 0 fully saturated rings. The van der Waals surface area contributed by atoms with Crippen molar-refractivity contribution in [2.75, 3.05) is 6.61 Å². The standard InChI is InChI=1S/C12H11NO4S/c1-2-16-12(15)7-3-4-9-8(5-7)13-10(17-9)6-11(14)18/h3-5H,2,6H2,1H3,(H,14,18). The van der Waals surface area contributed by atoms with Crippen molar-refractivity contribution >= 4 is 34.8 Å². The molecule has 0 saturated heterocycles. The molecule has 0 aliphatic rings. The van der Waals surface area contributed by atoms with Gasteiger partial charge in [0.25, 0.3) is 0 Å². The van der Waals surface area contributed by atoms with Gasteiger partial charge < -0.3 is 9.15 Å². The largest absolute Gasteiger partial charge is 0.462 e. The van der Waals surface area contributed by atoms with E-state index < -0.39 is 5.97 Å². The molecule has 18 heavy (non-hydrogen) atoms. The molecule has 0 N–H and O–H groups in total. The third-order valence-corrected chi connectivity index (χ3v) is 2.40. The molecule has 0 atom stereocenters. The molecule has 0 aliphatic carbocycles. The summed E-state index contributed by atoms with van der Waals surface area (Å²) < 4.78 is 10.2. The van der Waals surface area contributed by atoms with Gasteiger partial charge in [-0.05, 0) is 25.1 Å². The van der Waals surface area contributed by atoms with Crippen LogP contribution in [0.25, 0.3) is 11.1 Å². The molecule has 5 nitrogen and oxygen atoms in total. The minimum Gasteiger partial charge on any atom is -0.462 e. The number of ether oxygens (including phenoxy) is 1. The van der Waals surface area contributed by atoms with Crippen LogP contribution in [0.15, 0.2) is 22.6 Å². The lowest BCUT2D eigenvalue weighted by atomic mass is 10.2. The lowest BCUT2D eigenvalue weighted by molar-refractivity contribution is -0.110. The maximum absolute atomic E-state index is 11.5. The van der Waals surface area contributed by atoms with Crippen molar-refractivity contribution < 1.29 is 18.7 Å². The van der Waals surface area contributed by atoms with Crippen LogP contribution in [-0.2, 0) is 16.0 Å². The van der Waals surface area contributed by atoms with Crippen molar-refractivity contribution in [3.8, 4) is 0 Å². The summed E-state index contributed by atoms with van der Waals surface area (Å²) in [7, 11) is 0. The first-order chi connectivity index (χ1) is 8.60. The Hall–Kier alpha value is -1.82. The molecule has 0 unspecified atom stereocenters. The van der Waals surface area contributed by atoms with E-state index >= 15 is 0 Å². The Morgan fingerprint density at radius 1 is 1.44 bits per heavy atom. The van der Waals surface area contributed by atoms with E-state index in [1.54, 1.807) is 25.1 Å². The van der Waals surface area contributed by atoms with Gasteiger partial charge in [0.15, 0.2) is 10.7 Å². The normalized spacial score (nSPS) is 10.6. The number of carbonyl (C=O) groups is 2. The molecule has 2 aromatic rings. The first-order valence-corrected chi connectivity index (χ1v) is 5.83. The van der Waals surface area contributed by atoms with Crippen LogP contribution < -0.4 is 0 Å². The Labute approximate surface area is 109 Å². The number of benzene rings is 1. The van der Waals surface area contributed by atoms with E-state index in [4.69, 9.17) is 9.15 Å². The maximum Gasteiger partial charge on any atom is 0.338 e. The number of aromatic nitrogens is 1. The summed E-state index contributed by atoms with van der Waals surface area (Å²) in [6, 6.07) is 4.79. The molecule has 0 bridgehead atoms. The van der Waals surface area contributed by atoms with Crippen LogP contribution in [0.5, 0.6) is 0 Å². The Balaban J connectivity index is 2.33. The SMILES string of the molecule is CCOC(=O)c1ccc2oc(CC(=O)S)nc2c1. The molecule has 94 valence electrons. The second-order valence-corrected chi connectivity index (χ2v) is 4.08. The van der Waals surface area contributed by atoms with Gasteiger partial charge in [0, 0.05) is 0 Å². The Bertz CT molecular complexity index is 605. The summed E-state index contributed by atoms with van der Waals surface area (Å²) in [4.78, 5) is 26.5. The van der Waals surface area contributed by atoms with Crippen molar-refractivity contribution in [2.24, 2.45) is 0 Å². The van der Waals surface area contributed by atoms with E-state index in [9.17, 15) is 9.59 Å². The predicted octanol–water partition coefficient (Wildman–Crippen LogP) is 2.00. The fourth-order valence-corrected chi connectivity index (χ4v) is 1.66. The molecular weight excluding hydrogens is 254 g/mol. The fourth-order valence-electron chi connectivity index (χ4n) is 1.52. The predicted molar refractivity (Wildman–Crippen MR) is 67.7 cm³/mol. The molecular formula is C12H11NO4S. The quantitative estimate of drug-likeness (QED) is 0.676. The molecule has 0 aliphatic heterocycles. The second-order valence-electron chi connectivity index (χ2n) is 3.58. The fraction of sp³-hybridized carbons (Fsp3) is 0.250. The Morgan fingerprint density at radius 2 is 2.22 bits per heavy atom. The van der Waals surface area contributed by atoms with E-state index in [0.29, 0.717) is 23.3 Å². The van der Waals surface area contributed by atoms with Crippen LogP contribution in [0.1, 0.15) is 23.2 Å². The minimum absolute atomic E-state index is 0.0204. The smallest absolute Gasteiger partial charge is 0.338 e. The number of carbonyl (C=O) groups excluding carboxylic acids is 2. The van der Waals surface area contributed by atoms with Crippen molar-refractivity contribution in [3.05, 3.63) is 29.7 Å². The average Bonchev–Trinajstić information content (AvgIpc) is 2.69. The lowest BCUT2D eigenvalue weighted by Gasteiger charge is -2.00. The van der Waals surface area contributed by atoms with Crippen LogP contribution in [0.3, 0.4) is 0 Å². The van der Waals surface area contributed by atoms with Crippen molar-refractivity contribution in [3.63, 3.8) is 0 Å². The highest BCUT2D eigenvalue weighted by Crippen LogP contribution is 2.18. The monoisotopic (exact) mass is 265 g/mol. The van der Waals surface area contributed by atoms with E-state index in [1.807, 2.05) is 0 Å². The van der Waals surface area contributed by atoms with Crippen LogP contribution in [-0.4, -0.2) is 22.7 Å². The number of oxazole rings is 1. The van der Waals surface area contributed by atoms with E-state index in [1.165, 1.54) is 0 Å². The van der Waals surface area contributed by atoms with Crippen LogP contribution in [0.2, 0.25) is 0 Å². The lowest BCUT2D eigenvalue weighted by Crippen LogP contribution is -2.04. The summed E-state index contributed by atoms with van der Waals surface area (Å²) in [6.07, 6.45) is 0.0204. The second kappa shape index (κ2) is 5.22. The number of hydrogen-bond acceptors (Lipinski definition) is 5. The van der Waals surface area contributed by atoms with Crippen molar-refractivity contribution in [2.45, 2.75) is 13.3 Å². The van der Waals surface area contributed by atoms with Gasteiger partial charge in [-0.15, -0.1) is 12.6 Å². The molecule has 1 heterocycles. The average molecular weight is 265 g/mol. The zero-order valence-corrected chi connectivity index (χ0v) is 10.6. The van der Waals surface area contributed by atoms with Gasteiger partial charge in [-0.25, -0.2) is 9.78 Å². The van der Waals surface area contributed by atoms with Gasteiger partial charge in [-0.2, -0.15) is 0 Å². The van der Waals surface area contributed by atoms with Crippen LogP contribution >= 0.6 is 12.6 Å². The molecule has 0 spiro atoms. The highest BCUT2D eigenvalue weighted by atomic mass is 32.1. The number of nitrogens with zero attached hydrogens (tertiary/aromatic N) is 1. The molecule has 6 heteroatoms. The zero-order valence-electron chi connectivity index (χ0n) is 9.67. The zero-order chi connectivity index (χ0) is 13.1. The highest BCUT2D eigenvalue weighted by Gasteiger charge is 2.12. The molecule has 1 aromatic carbocycles. The summed E-state index contributed by atoms with van der Waals surface area (Å²) in [5.41, 5.74) is 1.44. The maximum atomic E-state index is 11.5. The minimum atomic E-state index is -0.408. The number of hydrogen-bond donors (Lipinski definition) is 1. The van der Waals surface area contributed by atoms with Gasteiger partial charge >= 0.3 is 5.97 Å².